The van der Waals surface area contributed by atoms with Crippen LogP contribution < -0.4 is 10.3 Å². The molecule has 0 unspecified atom stereocenters. The van der Waals surface area contributed by atoms with E-state index in [0.29, 0.717) is 66.2 Å². The highest BCUT2D eigenvalue weighted by Crippen LogP contribution is 2.43. The molecule has 0 aliphatic carbocycles. The SMILES string of the molecule is N#Cc1cc2c(c(Cl)c1OCC(F)F)N=C(Cc1nn(CC(=O)N3CCOCC3)c(=O)c3ccccc13)C2. The third-order valence-electron chi connectivity index (χ3n) is 6.38. The average Bonchev–Trinajstić information content (AvgIpc) is 3.33. The lowest BCUT2D eigenvalue weighted by Gasteiger charge is -2.27. The number of carbonyl (C=O) groups is 1. The molecule has 2 aliphatic heterocycles. The van der Waals surface area contributed by atoms with Gasteiger partial charge >= 0.3 is 0 Å². The van der Waals surface area contributed by atoms with Gasteiger partial charge in [-0.25, -0.2) is 13.5 Å². The summed E-state index contributed by atoms with van der Waals surface area (Å²) in [6, 6.07) is 10.5. The zero-order valence-corrected chi connectivity index (χ0v) is 20.9. The quantitative estimate of drug-likeness (QED) is 0.454. The van der Waals surface area contributed by atoms with Crippen molar-refractivity contribution in [2.45, 2.75) is 25.8 Å². The van der Waals surface area contributed by atoms with Gasteiger partial charge in [0.1, 0.15) is 24.2 Å². The van der Waals surface area contributed by atoms with Gasteiger partial charge in [0.25, 0.3) is 12.0 Å². The summed E-state index contributed by atoms with van der Waals surface area (Å²) in [5, 5.41) is 15.1. The van der Waals surface area contributed by atoms with Crippen LogP contribution in [0.5, 0.6) is 5.75 Å². The predicted octanol–water partition coefficient (Wildman–Crippen LogP) is 3.30. The van der Waals surface area contributed by atoms with E-state index >= 15 is 0 Å². The van der Waals surface area contributed by atoms with Gasteiger partial charge in [-0.15, -0.1) is 0 Å². The highest BCUT2D eigenvalue weighted by atomic mass is 35.5. The van der Waals surface area contributed by atoms with Gasteiger partial charge < -0.3 is 14.4 Å². The first kappa shape index (κ1) is 25.8. The Labute approximate surface area is 220 Å². The number of alkyl halides is 2. The van der Waals surface area contributed by atoms with Gasteiger partial charge in [0.05, 0.1) is 35.5 Å². The maximum Gasteiger partial charge on any atom is 0.275 e. The highest BCUT2D eigenvalue weighted by Gasteiger charge is 2.26. The first-order valence-corrected chi connectivity index (χ1v) is 12.3. The first-order valence-electron chi connectivity index (χ1n) is 11.9. The third kappa shape index (κ3) is 5.10. The molecule has 0 radical (unpaired) electrons. The van der Waals surface area contributed by atoms with Gasteiger partial charge in [-0.1, -0.05) is 29.8 Å². The second-order valence-corrected chi connectivity index (χ2v) is 9.25. The summed E-state index contributed by atoms with van der Waals surface area (Å²) in [6.45, 7) is 0.704. The molecule has 2 aliphatic rings. The molecule has 0 atom stereocenters. The minimum atomic E-state index is -2.73. The third-order valence-corrected chi connectivity index (χ3v) is 6.73. The molecule has 12 heteroatoms. The number of rotatable bonds is 7. The van der Waals surface area contributed by atoms with Crippen LogP contribution in [0.3, 0.4) is 0 Å². The largest absolute Gasteiger partial charge is 0.485 e. The first-order chi connectivity index (χ1) is 18.4. The zero-order chi connectivity index (χ0) is 26.8. The number of fused-ring (bicyclic) bond motifs is 2. The van der Waals surface area contributed by atoms with Crippen LogP contribution in [0.4, 0.5) is 14.5 Å². The molecule has 9 nitrogen and oxygen atoms in total. The van der Waals surface area contributed by atoms with E-state index in [2.05, 4.69) is 10.1 Å². The lowest BCUT2D eigenvalue weighted by Crippen LogP contribution is -2.44. The summed E-state index contributed by atoms with van der Waals surface area (Å²) in [5.74, 6) is -0.348. The summed E-state index contributed by atoms with van der Waals surface area (Å²) in [5.41, 5.74) is 1.89. The van der Waals surface area contributed by atoms with Gasteiger partial charge in [-0.3, -0.25) is 14.6 Å². The normalized spacial score (nSPS) is 14.9. The number of amides is 1. The Balaban J connectivity index is 1.47. The Morgan fingerprint density at radius 1 is 1.24 bits per heavy atom. The maximum atomic E-state index is 13.1. The second kappa shape index (κ2) is 10.8. The predicted molar refractivity (Wildman–Crippen MR) is 136 cm³/mol. The summed E-state index contributed by atoms with van der Waals surface area (Å²) in [4.78, 5) is 32.2. The van der Waals surface area contributed by atoms with Crippen LogP contribution in [-0.2, 0) is 28.9 Å². The Morgan fingerprint density at radius 2 is 1.97 bits per heavy atom. The van der Waals surface area contributed by atoms with Crippen LogP contribution in [0.2, 0.25) is 5.02 Å². The van der Waals surface area contributed by atoms with Crippen molar-refractivity contribution >= 4 is 39.7 Å². The monoisotopic (exact) mass is 541 g/mol. The molecule has 1 saturated heterocycles. The van der Waals surface area contributed by atoms with Crippen molar-refractivity contribution in [2.24, 2.45) is 4.99 Å². The van der Waals surface area contributed by atoms with Crippen molar-refractivity contribution in [3.63, 3.8) is 0 Å². The van der Waals surface area contributed by atoms with Crippen molar-refractivity contribution in [3.05, 3.63) is 62.5 Å². The number of hydrogen-bond donors (Lipinski definition) is 0. The van der Waals surface area contributed by atoms with Crippen molar-refractivity contribution in [3.8, 4) is 11.8 Å². The molecule has 0 N–H and O–H groups in total. The lowest BCUT2D eigenvalue weighted by molar-refractivity contribution is -0.136. The van der Waals surface area contributed by atoms with E-state index in [1.54, 1.807) is 29.2 Å². The van der Waals surface area contributed by atoms with Crippen LogP contribution in [0, 0.1) is 11.3 Å². The smallest absolute Gasteiger partial charge is 0.275 e. The molecule has 5 rings (SSSR count). The fourth-order valence-corrected chi connectivity index (χ4v) is 4.92. The Bertz CT molecular complexity index is 1540. The van der Waals surface area contributed by atoms with E-state index in [1.807, 2.05) is 6.07 Å². The van der Waals surface area contributed by atoms with Gasteiger partial charge in [0, 0.05) is 37.0 Å². The molecule has 1 fully saturated rings. The van der Waals surface area contributed by atoms with E-state index in [1.165, 1.54) is 10.7 Å². The number of hydrogen-bond acceptors (Lipinski definition) is 7. The summed E-state index contributed by atoms with van der Waals surface area (Å²) in [7, 11) is 0. The molecule has 1 aromatic heterocycles. The Hall–Kier alpha value is -3.88. The van der Waals surface area contributed by atoms with E-state index in [9.17, 15) is 23.6 Å². The zero-order valence-electron chi connectivity index (χ0n) is 20.1. The van der Waals surface area contributed by atoms with Crippen LogP contribution in [0.15, 0.2) is 40.1 Å². The Morgan fingerprint density at radius 3 is 2.68 bits per heavy atom. The molecular formula is C26H22ClF2N5O4. The van der Waals surface area contributed by atoms with E-state index in [4.69, 9.17) is 21.1 Å². The molecule has 1 amide bonds. The molecule has 3 aromatic rings. The van der Waals surface area contributed by atoms with E-state index in [0.717, 1.165) is 0 Å². The van der Waals surface area contributed by atoms with Crippen LogP contribution in [-0.4, -0.2) is 65.6 Å². The molecular weight excluding hydrogens is 520 g/mol. The number of benzene rings is 2. The molecule has 196 valence electrons. The van der Waals surface area contributed by atoms with Crippen LogP contribution in [0.25, 0.3) is 10.8 Å². The van der Waals surface area contributed by atoms with Gasteiger partial charge in [0.2, 0.25) is 5.91 Å². The number of ether oxygens (including phenoxy) is 2. The lowest BCUT2D eigenvalue weighted by atomic mass is 10.0. The number of aromatic nitrogens is 2. The molecule has 3 heterocycles. The van der Waals surface area contributed by atoms with E-state index in [-0.39, 0.29) is 40.8 Å². The standard InChI is InChI=1S/C26H22ClF2N5O4/c27-23-24-15(9-16(12-30)25(23)38-14-21(28)29)10-17(31-24)11-20-18-3-1-2-4-19(18)26(36)34(32-20)13-22(35)33-5-7-37-8-6-33/h1-4,9,21H,5-8,10-11,13-14H2. The second-order valence-electron chi connectivity index (χ2n) is 8.87. The summed E-state index contributed by atoms with van der Waals surface area (Å²) >= 11 is 6.42. The average molecular weight is 542 g/mol. The minimum Gasteiger partial charge on any atom is -0.485 e. The van der Waals surface area contributed by atoms with Crippen LogP contribution in [0.1, 0.15) is 16.8 Å². The van der Waals surface area contributed by atoms with Crippen molar-refractivity contribution in [1.82, 2.24) is 14.7 Å². The van der Waals surface area contributed by atoms with Crippen molar-refractivity contribution in [2.75, 3.05) is 32.9 Å². The topological polar surface area (TPSA) is 110 Å². The number of nitriles is 1. The van der Waals surface area contributed by atoms with Gasteiger partial charge in [0.15, 0.2) is 5.75 Å². The number of morpholine rings is 1. The maximum absolute atomic E-state index is 13.1. The number of aliphatic imine (C=N–C) groups is 1. The van der Waals surface area contributed by atoms with Crippen molar-refractivity contribution < 1.29 is 23.0 Å². The number of nitrogens with zero attached hydrogens (tertiary/aromatic N) is 5. The Kier molecular flexibility index (Phi) is 7.35. The summed E-state index contributed by atoms with van der Waals surface area (Å²) < 4.78 is 37.0. The van der Waals surface area contributed by atoms with Crippen LogP contribution >= 0.6 is 11.6 Å². The minimum absolute atomic E-state index is 0.00593. The van der Waals surface area contributed by atoms with E-state index < -0.39 is 13.0 Å². The number of carbonyl (C=O) groups excluding carboxylic acids is 1. The molecule has 0 spiro atoms. The fourth-order valence-electron chi connectivity index (χ4n) is 4.60. The molecule has 0 bridgehead atoms. The molecule has 0 saturated carbocycles. The van der Waals surface area contributed by atoms with Gasteiger partial charge in [-0.2, -0.15) is 10.4 Å². The highest BCUT2D eigenvalue weighted by molar-refractivity contribution is 6.35. The molecule has 2 aromatic carbocycles. The van der Waals surface area contributed by atoms with Crippen molar-refractivity contribution in [1.29, 1.82) is 5.26 Å². The molecule has 38 heavy (non-hydrogen) atoms. The number of halogens is 3. The fraction of sp³-hybridized carbons (Fsp3) is 0.346. The van der Waals surface area contributed by atoms with Gasteiger partial charge in [-0.05, 0) is 17.7 Å². The summed E-state index contributed by atoms with van der Waals surface area (Å²) in [6.07, 6.45) is -2.14.